The molecular weight excluding hydrogens is 354 g/mol. The molecule has 0 spiro atoms. The third-order valence-electron chi connectivity index (χ3n) is 5.99. The number of carbonyl (C=O) groups is 1. The largest absolute Gasteiger partial charge is 0.480 e. The summed E-state index contributed by atoms with van der Waals surface area (Å²) in [5, 5.41) is 9.24. The van der Waals surface area contributed by atoms with Gasteiger partial charge in [-0.2, -0.15) is 0 Å². The molecule has 27 heavy (non-hydrogen) atoms. The van der Waals surface area contributed by atoms with Gasteiger partial charge in [-0.3, -0.25) is 9.69 Å². The molecule has 2 atom stereocenters. The number of carboxylic acid groups (broad SMARTS) is 1. The summed E-state index contributed by atoms with van der Waals surface area (Å²) in [6.45, 7) is 7.16. The number of allylic oxidation sites excluding steroid dienone is 3. The maximum Gasteiger partial charge on any atom is 0.320 e. The van der Waals surface area contributed by atoms with Gasteiger partial charge >= 0.3 is 5.97 Å². The molecule has 0 radical (unpaired) electrons. The first-order valence-corrected chi connectivity index (χ1v) is 10.8. The molecule has 1 aliphatic heterocycles. The van der Waals surface area contributed by atoms with Gasteiger partial charge in [-0.1, -0.05) is 56.3 Å². The number of rotatable bonds is 7. The molecule has 146 valence electrons. The van der Waals surface area contributed by atoms with Crippen molar-refractivity contribution in [3.8, 4) is 0 Å². The molecule has 1 aliphatic carbocycles. The van der Waals surface area contributed by atoms with E-state index in [1.165, 1.54) is 16.7 Å². The number of carboxylic acids is 1. The van der Waals surface area contributed by atoms with E-state index < -0.39 is 12.0 Å². The van der Waals surface area contributed by atoms with Crippen molar-refractivity contribution in [2.24, 2.45) is 5.41 Å². The highest BCUT2D eigenvalue weighted by Gasteiger charge is 2.43. The second kappa shape index (κ2) is 7.84. The van der Waals surface area contributed by atoms with Gasteiger partial charge in [0.1, 0.15) is 6.04 Å². The molecule has 0 saturated heterocycles. The minimum absolute atomic E-state index is 0.0198. The lowest BCUT2D eigenvalue weighted by atomic mass is 9.73. The van der Waals surface area contributed by atoms with E-state index in [0.717, 1.165) is 31.6 Å². The van der Waals surface area contributed by atoms with Gasteiger partial charge in [0.25, 0.3) is 0 Å². The van der Waals surface area contributed by atoms with E-state index >= 15 is 0 Å². The van der Waals surface area contributed by atoms with Gasteiger partial charge in [0.05, 0.1) is 4.75 Å². The first kappa shape index (κ1) is 20.2. The number of fused-ring (bicyclic) bond motifs is 1. The van der Waals surface area contributed by atoms with Gasteiger partial charge in [-0.05, 0) is 61.9 Å². The second-order valence-corrected chi connectivity index (χ2v) is 9.86. The van der Waals surface area contributed by atoms with Crippen molar-refractivity contribution in [3.63, 3.8) is 0 Å². The summed E-state index contributed by atoms with van der Waals surface area (Å²) in [7, 11) is 1.91. The van der Waals surface area contributed by atoms with Crippen LogP contribution in [0.1, 0.15) is 51.2 Å². The Labute approximate surface area is 167 Å². The molecule has 0 amide bonds. The Balaban J connectivity index is 1.84. The molecule has 1 aromatic carbocycles. The smallest absolute Gasteiger partial charge is 0.320 e. The van der Waals surface area contributed by atoms with Crippen LogP contribution in [-0.2, 0) is 15.3 Å². The summed E-state index contributed by atoms with van der Waals surface area (Å²) >= 11 is 2.06. The van der Waals surface area contributed by atoms with Crippen LogP contribution < -0.4 is 0 Å². The predicted molar refractivity (Wildman–Crippen MR) is 114 cm³/mol. The molecule has 1 N–H and O–H groups in total. The number of aliphatic carboxylic acids is 1. The topological polar surface area (TPSA) is 40.5 Å². The van der Waals surface area contributed by atoms with Crippen LogP contribution in [0.3, 0.4) is 0 Å². The molecule has 0 bridgehead atoms. The Kier molecular flexibility index (Phi) is 5.87. The quantitative estimate of drug-likeness (QED) is 0.698. The Morgan fingerprint density at radius 1 is 1.33 bits per heavy atom. The fourth-order valence-electron chi connectivity index (χ4n) is 4.22. The lowest BCUT2D eigenvalue weighted by molar-refractivity contribution is -0.142. The van der Waals surface area contributed by atoms with Gasteiger partial charge in [-0.25, -0.2) is 0 Å². The van der Waals surface area contributed by atoms with E-state index in [1.54, 1.807) is 6.92 Å². The van der Waals surface area contributed by atoms with Crippen LogP contribution in [0, 0.1) is 5.41 Å². The summed E-state index contributed by atoms with van der Waals surface area (Å²) in [5.74, 6) is 0.300. The van der Waals surface area contributed by atoms with Crippen LogP contribution >= 0.6 is 11.8 Å². The molecule has 0 aromatic heterocycles. The monoisotopic (exact) mass is 385 g/mol. The molecule has 0 fully saturated rings. The van der Waals surface area contributed by atoms with E-state index in [2.05, 4.69) is 68.1 Å². The highest BCUT2D eigenvalue weighted by Crippen LogP contribution is 2.57. The predicted octanol–water partition coefficient (Wildman–Crippen LogP) is 5.23. The van der Waals surface area contributed by atoms with E-state index in [4.69, 9.17) is 0 Å². The Morgan fingerprint density at radius 2 is 2.07 bits per heavy atom. The third-order valence-corrected chi connectivity index (χ3v) is 7.63. The number of benzene rings is 1. The van der Waals surface area contributed by atoms with Crippen molar-refractivity contribution in [1.29, 1.82) is 0 Å². The first-order chi connectivity index (χ1) is 12.8. The number of likely N-dealkylation sites (N-methyl/N-ethyl adjacent to an activating group) is 1. The van der Waals surface area contributed by atoms with Gasteiger partial charge < -0.3 is 5.11 Å². The summed E-state index contributed by atoms with van der Waals surface area (Å²) in [4.78, 5) is 13.2. The van der Waals surface area contributed by atoms with Crippen LogP contribution in [-0.4, -0.2) is 35.6 Å². The van der Waals surface area contributed by atoms with Crippen molar-refractivity contribution in [1.82, 2.24) is 4.90 Å². The second-order valence-electron chi connectivity index (χ2n) is 8.59. The normalized spacial score (nSPS) is 24.6. The Morgan fingerprint density at radius 3 is 2.78 bits per heavy atom. The fourth-order valence-corrected chi connectivity index (χ4v) is 5.84. The molecule has 2 unspecified atom stereocenters. The number of hydrogen-bond acceptors (Lipinski definition) is 3. The maximum atomic E-state index is 11.2. The molecule has 1 heterocycles. The number of thioether (sulfide) groups is 1. The Hall–Kier alpha value is -1.52. The van der Waals surface area contributed by atoms with Crippen LogP contribution in [0.4, 0.5) is 0 Å². The first-order valence-electron chi connectivity index (χ1n) is 9.79. The van der Waals surface area contributed by atoms with Crippen molar-refractivity contribution in [2.75, 3.05) is 13.6 Å². The zero-order valence-electron chi connectivity index (χ0n) is 16.9. The maximum absolute atomic E-state index is 11.2. The van der Waals surface area contributed by atoms with Crippen molar-refractivity contribution in [3.05, 3.63) is 59.2 Å². The minimum Gasteiger partial charge on any atom is -0.480 e. The van der Waals surface area contributed by atoms with E-state index in [1.807, 2.05) is 11.9 Å². The lowest BCUT2D eigenvalue weighted by Gasteiger charge is -2.38. The minimum atomic E-state index is -0.755. The standard InChI is InChI=1S/C23H31NO2S/c1-17(21(25)26)24(4)14-8-13-23(19-10-7-12-22(2,3)15-19)20-11-6-5-9-18(20)16-27-23/h5-7,9-12,17H,8,13-16H2,1-4H3,(H,25,26). The molecule has 1 aromatic rings. The summed E-state index contributed by atoms with van der Waals surface area (Å²) in [6.07, 6.45) is 9.95. The fraction of sp³-hybridized carbons (Fsp3) is 0.522. The van der Waals surface area contributed by atoms with Crippen molar-refractivity contribution < 1.29 is 9.90 Å². The van der Waals surface area contributed by atoms with E-state index in [9.17, 15) is 9.90 Å². The van der Waals surface area contributed by atoms with Crippen LogP contribution in [0.5, 0.6) is 0 Å². The highest BCUT2D eigenvalue weighted by molar-refractivity contribution is 8.00. The summed E-state index contributed by atoms with van der Waals surface area (Å²) in [5.41, 5.74) is 4.60. The van der Waals surface area contributed by atoms with E-state index in [-0.39, 0.29) is 10.2 Å². The van der Waals surface area contributed by atoms with Gasteiger partial charge in [-0.15, -0.1) is 11.8 Å². The molecule has 3 rings (SSSR count). The van der Waals surface area contributed by atoms with Crippen LogP contribution in [0.15, 0.2) is 48.1 Å². The molecule has 4 heteroatoms. The average Bonchev–Trinajstić information content (AvgIpc) is 3.00. The zero-order valence-corrected chi connectivity index (χ0v) is 17.7. The third kappa shape index (κ3) is 4.17. The average molecular weight is 386 g/mol. The van der Waals surface area contributed by atoms with Crippen molar-refractivity contribution >= 4 is 17.7 Å². The lowest BCUT2D eigenvalue weighted by Crippen LogP contribution is -2.37. The van der Waals surface area contributed by atoms with Gasteiger partial charge in [0.15, 0.2) is 0 Å². The molecule has 3 nitrogen and oxygen atoms in total. The van der Waals surface area contributed by atoms with Crippen LogP contribution in [0.25, 0.3) is 0 Å². The molecular formula is C23H31NO2S. The molecule has 0 saturated carbocycles. The highest BCUT2D eigenvalue weighted by atomic mass is 32.2. The van der Waals surface area contributed by atoms with Gasteiger partial charge in [0, 0.05) is 5.75 Å². The van der Waals surface area contributed by atoms with Crippen LogP contribution in [0.2, 0.25) is 0 Å². The van der Waals surface area contributed by atoms with Gasteiger partial charge in [0.2, 0.25) is 0 Å². The van der Waals surface area contributed by atoms with E-state index in [0.29, 0.717) is 0 Å². The number of hydrogen-bond donors (Lipinski definition) is 1. The summed E-state index contributed by atoms with van der Waals surface area (Å²) in [6, 6.07) is 8.40. The van der Waals surface area contributed by atoms with Crippen molar-refractivity contribution in [2.45, 2.75) is 56.6 Å². The Bertz CT molecular complexity index is 767. The number of nitrogens with zero attached hydrogens (tertiary/aromatic N) is 1. The molecule has 2 aliphatic rings. The summed E-state index contributed by atoms with van der Waals surface area (Å²) < 4.78 is 0.0198. The SMILES string of the molecule is CC(C(=O)O)N(C)CCCC1(C2=CC=CC(C)(C)C2)SCc2ccccc21. The zero-order chi connectivity index (χ0) is 19.7.